The number of aromatic nitrogens is 2. The lowest BCUT2D eigenvalue weighted by Gasteiger charge is -2.36. The van der Waals surface area contributed by atoms with Crippen LogP contribution in [0, 0.1) is 5.92 Å². The largest absolute Gasteiger partial charge is 0.372 e. The maximum absolute atomic E-state index is 4.41. The van der Waals surface area contributed by atoms with Crippen LogP contribution in [0.5, 0.6) is 0 Å². The van der Waals surface area contributed by atoms with E-state index in [1.807, 2.05) is 7.05 Å². The van der Waals surface area contributed by atoms with Crippen LogP contribution in [0.25, 0.3) is 0 Å². The lowest BCUT2D eigenvalue weighted by atomic mass is 10.2. The normalized spacial score (nSPS) is 17.0. The number of hydrogen-bond acceptors (Lipinski definition) is 5. The van der Waals surface area contributed by atoms with E-state index >= 15 is 0 Å². The Bertz CT molecular complexity index is 415. The van der Waals surface area contributed by atoms with Crippen LogP contribution < -0.4 is 10.2 Å². The summed E-state index contributed by atoms with van der Waals surface area (Å²) in [6.45, 7) is 9.96. The second-order valence-corrected chi connectivity index (χ2v) is 6.08. The second-order valence-electron chi connectivity index (χ2n) is 5.29. The quantitative estimate of drug-likeness (QED) is 0.917. The first-order valence-corrected chi connectivity index (χ1v) is 7.56. The molecule has 0 aromatic carbocycles. The lowest BCUT2D eigenvalue weighted by Crippen LogP contribution is -2.47. The predicted molar refractivity (Wildman–Crippen MR) is 82.8 cm³/mol. The van der Waals surface area contributed by atoms with E-state index in [0.717, 1.165) is 48.2 Å². The van der Waals surface area contributed by atoms with Gasteiger partial charge in [-0.05, 0) is 21.8 Å². The van der Waals surface area contributed by atoms with Gasteiger partial charge in [-0.15, -0.1) is 0 Å². The molecule has 1 fully saturated rings. The summed E-state index contributed by atoms with van der Waals surface area (Å²) < 4.78 is 0.954. The van der Waals surface area contributed by atoms with Gasteiger partial charge < -0.3 is 10.2 Å². The minimum absolute atomic E-state index is 0.730. The molecule has 1 N–H and O–H groups in total. The molecule has 0 bridgehead atoms. The van der Waals surface area contributed by atoms with Gasteiger partial charge in [-0.2, -0.15) is 0 Å². The molecule has 5 nitrogen and oxygen atoms in total. The van der Waals surface area contributed by atoms with Crippen molar-refractivity contribution in [3.63, 3.8) is 0 Å². The first kappa shape index (κ1) is 14.5. The van der Waals surface area contributed by atoms with Gasteiger partial charge in [-0.1, -0.05) is 13.8 Å². The van der Waals surface area contributed by atoms with E-state index < -0.39 is 0 Å². The second kappa shape index (κ2) is 6.52. The molecule has 0 spiro atoms. The first-order valence-electron chi connectivity index (χ1n) is 6.77. The Kier molecular flexibility index (Phi) is 4.99. The Morgan fingerprint density at radius 2 is 1.95 bits per heavy atom. The SMILES string of the molecule is CNc1ncnc(N2CCN(CC(C)C)CC2)c1Br. The minimum atomic E-state index is 0.730. The monoisotopic (exact) mass is 327 g/mol. The van der Waals surface area contributed by atoms with Crippen LogP contribution in [0.1, 0.15) is 13.8 Å². The molecule has 0 unspecified atom stereocenters. The highest BCUT2D eigenvalue weighted by atomic mass is 79.9. The zero-order chi connectivity index (χ0) is 13.8. The van der Waals surface area contributed by atoms with E-state index in [2.05, 4.69) is 54.9 Å². The van der Waals surface area contributed by atoms with E-state index in [0.29, 0.717) is 0 Å². The van der Waals surface area contributed by atoms with Crippen molar-refractivity contribution in [1.29, 1.82) is 0 Å². The van der Waals surface area contributed by atoms with Gasteiger partial charge in [0.15, 0.2) is 0 Å². The van der Waals surface area contributed by atoms with Crippen molar-refractivity contribution in [3.8, 4) is 0 Å². The van der Waals surface area contributed by atoms with Crippen LogP contribution in [0.3, 0.4) is 0 Å². The van der Waals surface area contributed by atoms with Crippen LogP contribution in [0.15, 0.2) is 10.8 Å². The molecule has 1 aromatic rings. The summed E-state index contributed by atoms with van der Waals surface area (Å²) in [4.78, 5) is 13.5. The molecule has 1 aliphatic heterocycles. The number of anilines is 2. The van der Waals surface area contributed by atoms with Crippen molar-refractivity contribution in [2.75, 3.05) is 50.0 Å². The Morgan fingerprint density at radius 1 is 1.26 bits per heavy atom. The predicted octanol–water partition coefficient (Wildman–Crippen LogP) is 2.06. The first-order chi connectivity index (χ1) is 9.11. The standard InChI is InChI=1S/C13H22BrN5/c1-10(2)8-18-4-6-19(7-5-18)13-11(14)12(15-3)16-9-17-13/h9-10H,4-8H2,1-3H3,(H,15,16,17). The van der Waals surface area contributed by atoms with Crippen molar-refractivity contribution < 1.29 is 0 Å². The number of rotatable bonds is 4. The zero-order valence-corrected chi connectivity index (χ0v) is 13.4. The summed E-state index contributed by atoms with van der Waals surface area (Å²) in [6, 6.07) is 0. The summed E-state index contributed by atoms with van der Waals surface area (Å²) in [7, 11) is 1.87. The summed E-state index contributed by atoms with van der Waals surface area (Å²) in [5.74, 6) is 2.56. The highest BCUT2D eigenvalue weighted by molar-refractivity contribution is 9.10. The van der Waals surface area contributed by atoms with Crippen LogP contribution in [-0.4, -0.2) is 54.6 Å². The number of halogens is 1. The molecule has 0 amide bonds. The minimum Gasteiger partial charge on any atom is -0.372 e. The average molecular weight is 328 g/mol. The third-order valence-corrected chi connectivity index (χ3v) is 4.03. The molecule has 1 saturated heterocycles. The maximum atomic E-state index is 4.41. The molecule has 1 aromatic heterocycles. The van der Waals surface area contributed by atoms with E-state index in [1.165, 1.54) is 6.54 Å². The fourth-order valence-corrected chi connectivity index (χ4v) is 3.07. The highest BCUT2D eigenvalue weighted by Gasteiger charge is 2.21. The van der Waals surface area contributed by atoms with Gasteiger partial charge in [-0.3, -0.25) is 4.90 Å². The van der Waals surface area contributed by atoms with E-state index in [4.69, 9.17) is 0 Å². The van der Waals surface area contributed by atoms with Crippen LogP contribution in [-0.2, 0) is 0 Å². The molecule has 6 heteroatoms. The summed E-state index contributed by atoms with van der Waals surface area (Å²) in [5, 5.41) is 3.07. The van der Waals surface area contributed by atoms with Crippen molar-refractivity contribution in [2.45, 2.75) is 13.8 Å². The zero-order valence-electron chi connectivity index (χ0n) is 11.9. The fraction of sp³-hybridized carbons (Fsp3) is 0.692. The van der Waals surface area contributed by atoms with Crippen molar-refractivity contribution in [1.82, 2.24) is 14.9 Å². The van der Waals surface area contributed by atoms with Crippen LogP contribution in [0.4, 0.5) is 11.6 Å². The maximum Gasteiger partial charge on any atom is 0.148 e. The van der Waals surface area contributed by atoms with Gasteiger partial charge >= 0.3 is 0 Å². The number of nitrogens with zero attached hydrogens (tertiary/aromatic N) is 4. The summed E-state index contributed by atoms with van der Waals surface area (Å²) >= 11 is 3.59. The molecule has 2 heterocycles. The van der Waals surface area contributed by atoms with Gasteiger partial charge in [0.2, 0.25) is 0 Å². The number of nitrogens with one attached hydrogen (secondary N) is 1. The summed E-state index contributed by atoms with van der Waals surface area (Å²) in [5.41, 5.74) is 0. The van der Waals surface area contributed by atoms with Crippen LogP contribution in [0.2, 0.25) is 0 Å². The Hall–Kier alpha value is -0.880. The topological polar surface area (TPSA) is 44.3 Å². The number of hydrogen-bond donors (Lipinski definition) is 1. The van der Waals surface area contributed by atoms with Gasteiger partial charge in [-0.25, -0.2) is 9.97 Å². The molecular weight excluding hydrogens is 306 g/mol. The molecule has 0 aliphatic carbocycles. The van der Waals surface area contributed by atoms with Crippen LogP contribution >= 0.6 is 15.9 Å². The van der Waals surface area contributed by atoms with E-state index in [1.54, 1.807) is 6.33 Å². The molecular formula is C13H22BrN5. The molecule has 0 radical (unpaired) electrons. The Balaban J connectivity index is 2.01. The van der Waals surface area contributed by atoms with Gasteiger partial charge in [0.05, 0.1) is 0 Å². The van der Waals surface area contributed by atoms with Gasteiger partial charge in [0.25, 0.3) is 0 Å². The Labute approximate surface area is 123 Å². The van der Waals surface area contributed by atoms with E-state index in [9.17, 15) is 0 Å². The Morgan fingerprint density at radius 3 is 2.53 bits per heavy atom. The molecule has 0 atom stereocenters. The summed E-state index contributed by atoms with van der Waals surface area (Å²) in [6.07, 6.45) is 1.62. The molecule has 106 valence electrons. The third-order valence-electron chi connectivity index (χ3n) is 3.30. The molecule has 2 rings (SSSR count). The third kappa shape index (κ3) is 3.57. The fourth-order valence-electron chi connectivity index (χ4n) is 2.41. The number of piperazine rings is 1. The van der Waals surface area contributed by atoms with Gasteiger partial charge in [0.1, 0.15) is 22.4 Å². The molecule has 19 heavy (non-hydrogen) atoms. The lowest BCUT2D eigenvalue weighted by molar-refractivity contribution is 0.231. The van der Waals surface area contributed by atoms with Crippen molar-refractivity contribution >= 4 is 27.6 Å². The highest BCUT2D eigenvalue weighted by Crippen LogP contribution is 2.29. The van der Waals surface area contributed by atoms with Crippen molar-refractivity contribution in [2.24, 2.45) is 5.92 Å². The molecule has 0 saturated carbocycles. The smallest absolute Gasteiger partial charge is 0.148 e. The average Bonchev–Trinajstić information content (AvgIpc) is 2.39. The van der Waals surface area contributed by atoms with Gasteiger partial charge in [0, 0.05) is 39.8 Å². The molecule has 1 aliphatic rings. The van der Waals surface area contributed by atoms with Crippen molar-refractivity contribution in [3.05, 3.63) is 10.8 Å². The van der Waals surface area contributed by atoms with E-state index in [-0.39, 0.29) is 0 Å².